The normalized spacial score (nSPS) is 19.3. The largest absolute Gasteiger partial charge is 0.546 e. The summed E-state index contributed by atoms with van der Waals surface area (Å²) in [5.74, 6) is 2.02. The molecular formula is C23H41NOSi. The van der Waals surface area contributed by atoms with Crippen molar-refractivity contribution in [2.24, 2.45) is 11.8 Å². The molecule has 0 amide bonds. The third-order valence-corrected chi connectivity index (χ3v) is 12.1. The molecule has 2 atom stereocenters. The Kier molecular flexibility index (Phi) is 9.17. The van der Waals surface area contributed by atoms with E-state index in [1.165, 1.54) is 11.3 Å². The molecule has 0 spiro atoms. The topological polar surface area (TPSA) is 33.0 Å². The van der Waals surface area contributed by atoms with Crippen LogP contribution in [-0.4, -0.2) is 8.32 Å². The van der Waals surface area contributed by atoms with Crippen LogP contribution in [0, 0.1) is 23.2 Å². The second-order valence-corrected chi connectivity index (χ2v) is 14.7. The fourth-order valence-corrected chi connectivity index (χ4v) is 10.1. The molecule has 0 aromatic rings. The summed E-state index contributed by atoms with van der Waals surface area (Å²) in [5.41, 5.74) is 3.16. The first-order valence-electron chi connectivity index (χ1n) is 10.5. The number of rotatable bonds is 9. The van der Waals surface area contributed by atoms with Crippen molar-refractivity contribution in [3.8, 4) is 6.07 Å². The Bertz CT molecular complexity index is 513. The van der Waals surface area contributed by atoms with E-state index in [1.54, 1.807) is 0 Å². The van der Waals surface area contributed by atoms with Gasteiger partial charge in [0.15, 0.2) is 0 Å². The van der Waals surface area contributed by atoms with E-state index in [0.717, 1.165) is 32.1 Å². The standard InChI is InChI=1S/C23H41NOSi/c1-17(2)9-10-22(16-24)15-21-11-13-23(14-12-21)25-26(18(3)4,19(5)6)20(7)8/h9,13,18-22H,10-12,14-15H2,1-8H3/t21-,22?/m0/s1. The van der Waals surface area contributed by atoms with Crippen molar-refractivity contribution in [1.82, 2.24) is 0 Å². The molecule has 0 aromatic heterocycles. The Morgan fingerprint density at radius 3 is 2.15 bits per heavy atom. The molecule has 0 aliphatic heterocycles. The molecule has 2 nitrogen and oxygen atoms in total. The average molecular weight is 376 g/mol. The van der Waals surface area contributed by atoms with Gasteiger partial charge in [-0.25, -0.2) is 0 Å². The molecular weight excluding hydrogens is 334 g/mol. The van der Waals surface area contributed by atoms with Gasteiger partial charge in [0.1, 0.15) is 0 Å². The Labute approximate surface area is 163 Å². The van der Waals surface area contributed by atoms with Crippen molar-refractivity contribution in [3.05, 3.63) is 23.5 Å². The van der Waals surface area contributed by atoms with E-state index in [2.05, 4.69) is 73.6 Å². The first kappa shape index (κ1) is 23.0. The molecule has 0 saturated heterocycles. The van der Waals surface area contributed by atoms with Gasteiger partial charge in [0, 0.05) is 6.42 Å². The molecule has 0 saturated carbocycles. The number of nitrogens with zero attached hydrogens (tertiary/aromatic N) is 1. The van der Waals surface area contributed by atoms with Gasteiger partial charge in [-0.3, -0.25) is 0 Å². The van der Waals surface area contributed by atoms with E-state index in [9.17, 15) is 5.26 Å². The summed E-state index contributed by atoms with van der Waals surface area (Å²) in [6.07, 6.45) is 9.75. The smallest absolute Gasteiger partial charge is 0.258 e. The van der Waals surface area contributed by atoms with E-state index in [0.29, 0.717) is 22.5 Å². The maximum absolute atomic E-state index is 9.44. The third kappa shape index (κ3) is 6.01. The van der Waals surface area contributed by atoms with Crippen LogP contribution in [0.25, 0.3) is 0 Å². The molecule has 0 fully saturated rings. The van der Waals surface area contributed by atoms with Gasteiger partial charge in [-0.15, -0.1) is 0 Å². The van der Waals surface area contributed by atoms with E-state index >= 15 is 0 Å². The lowest BCUT2D eigenvalue weighted by Gasteiger charge is -2.43. The highest BCUT2D eigenvalue weighted by Gasteiger charge is 2.47. The minimum absolute atomic E-state index is 0.154. The SMILES string of the molecule is CC(C)=CCC(C#N)C[C@H]1CC=C(O[Si](C(C)C)(C(C)C)C(C)C)CC1. The fourth-order valence-electron chi connectivity index (χ4n) is 4.73. The summed E-state index contributed by atoms with van der Waals surface area (Å²) in [4.78, 5) is 0. The average Bonchev–Trinajstić information content (AvgIpc) is 2.56. The van der Waals surface area contributed by atoms with E-state index in [1.807, 2.05) is 0 Å². The van der Waals surface area contributed by atoms with Crippen molar-refractivity contribution in [2.45, 2.75) is 104 Å². The van der Waals surface area contributed by atoms with Crippen LogP contribution >= 0.6 is 0 Å². The van der Waals surface area contributed by atoms with Gasteiger partial charge in [0.05, 0.1) is 17.7 Å². The maximum atomic E-state index is 9.44. The monoisotopic (exact) mass is 375 g/mol. The second kappa shape index (κ2) is 10.4. The van der Waals surface area contributed by atoms with Gasteiger partial charge in [0.2, 0.25) is 0 Å². The molecule has 26 heavy (non-hydrogen) atoms. The lowest BCUT2D eigenvalue weighted by Crippen LogP contribution is -2.47. The van der Waals surface area contributed by atoms with Crippen LogP contribution in [0.1, 0.15) is 87.5 Å². The van der Waals surface area contributed by atoms with Crippen LogP contribution in [-0.2, 0) is 4.43 Å². The Morgan fingerprint density at radius 1 is 1.19 bits per heavy atom. The first-order chi connectivity index (χ1) is 12.1. The third-order valence-electron chi connectivity index (χ3n) is 6.10. The number of hydrogen-bond acceptors (Lipinski definition) is 2. The van der Waals surface area contributed by atoms with Crippen LogP contribution in [0.4, 0.5) is 0 Å². The number of allylic oxidation sites excluding steroid dienone is 4. The zero-order chi connectivity index (χ0) is 19.9. The molecule has 1 aliphatic rings. The molecule has 0 aromatic carbocycles. The molecule has 1 rings (SSSR count). The summed E-state index contributed by atoms with van der Waals surface area (Å²) in [5, 5.41) is 9.44. The van der Waals surface area contributed by atoms with Crippen LogP contribution in [0.15, 0.2) is 23.5 Å². The number of nitriles is 1. The Hall–Kier alpha value is -1.01. The van der Waals surface area contributed by atoms with E-state index < -0.39 is 8.32 Å². The van der Waals surface area contributed by atoms with Gasteiger partial charge < -0.3 is 4.43 Å². The highest BCUT2D eigenvalue weighted by Crippen LogP contribution is 2.45. The minimum Gasteiger partial charge on any atom is -0.546 e. The van der Waals surface area contributed by atoms with Gasteiger partial charge in [-0.2, -0.15) is 5.26 Å². The molecule has 0 heterocycles. The van der Waals surface area contributed by atoms with Gasteiger partial charge in [-0.05, 0) is 68.1 Å². The van der Waals surface area contributed by atoms with Crippen molar-refractivity contribution in [2.75, 3.05) is 0 Å². The first-order valence-corrected chi connectivity index (χ1v) is 12.7. The van der Waals surface area contributed by atoms with Crippen molar-refractivity contribution in [3.63, 3.8) is 0 Å². The predicted molar refractivity (Wildman–Crippen MR) is 115 cm³/mol. The van der Waals surface area contributed by atoms with Crippen LogP contribution in [0.5, 0.6) is 0 Å². The van der Waals surface area contributed by atoms with Gasteiger partial charge in [0.25, 0.3) is 8.32 Å². The highest BCUT2D eigenvalue weighted by molar-refractivity contribution is 6.77. The molecule has 3 heteroatoms. The quantitative estimate of drug-likeness (QED) is 0.305. The summed E-state index contributed by atoms with van der Waals surface area (Å²) in [6, 6.07) is 2.51. The summed E-state index contributed by atoms with van der Waals surface area (Å²) in [6.45, 7) is 18.3. The molecule has 0 N–H and O–H groups in total. The lowest BCUT2D eigenvalue weighted by molar-refractivity contribution is 0.302. The van der Waals surface area contributed by atoms with Crippen LogP contribution < -0.4 is 0 Å². The van der Waals surface area contributed by atoms with Crippen molar-refractivity contribution in [1.29, 1.82) is 5.26 Å². The molecule has 0 radical (unpaired) electrons. The zero-order valence-electron chi connectivity index (χ0n) is 18.4. The Balaban J connectivity index is 2.74. The zero-order valence-corrected chi connectivity index (χ0v) is 19.4. The summed E-state index contributed by atoms with van der Waals surface area (Å²) in [7, 11) is -1.83. The summed E-state index contributed by atoms with van der Waals surface area (Å²) >= 11 is 0. The van der Waals surface area contributed by atoms with Crippen LogP contribution in [0.3, 0.4) is 0 Å². The van der Waals surface area contributed by atoms with Crippen LogP contribution in [0.2, 0.25) is 16.6 Å². The second-order valence-electron chi connectivity index (χ2n) is 9.31. The van der Waals surface area contributed by atoms with Crippen molar-refractivity contribution >= 4 is 8.32 Å². The minimum atomic E-state index is -1.83. The Morgan fingerprint density at radius 2 is 1.77 bits per heavy atom. The fraction of sp³-hybridized carbons (Fsp3) is 0.783. The van der Waals surface area contributed by atoms with Crippen molar-refractivity contribution < 1.29 is 4.43 Å². The molecule has 148 valence electrons. The van der Waals surface area contributed by atoms with E-state index in [4.69, 9.17) is 4.43 Å². The molecule has 0 bridgehead atoms. The number of hydrogen-bond donors (Lipinski definition) is 0. The van der Waals surface area contributed by atoms with E-state index in [-0.39, 0.29) is 5.92 Å². The molecule has 1 unspecified atom stereocenters. The van der Waals surface area contributed by atoms with Gasteiger partial charge in [-0.1, -0.05) is 53.2 Å². The molecule has 1 aliphatic carbocycles. The van der Waals surface area contributed by atoms with Gasteiger partial charge >= 0.3 is 0 Å². The summed E-state index contributed by atoms with van der Waals surface area (Å²) < 4.78 is 6.85. The highest BCUT2D eigenvalue weighted by atomic mass is 28.4. The predicted octanol–water partition coefficient (Wildman–Crippen LogP) is 7.75. The maximum Gasteiger partial charge on any atom is 0.258 e. The lowest BCUT2D eigenvalue weighted by atomic mass is 9.84.